The van der Waals surface area contributed by atoms with E-state index in [4.69, 9.17) is 4.74 Å². The number of carboxylic acid groups (broad SMARTS) is 2. The van der Waals surface area contributed by atoms with Crippen LogP contribution < -0.4 is 15.4 Å². The van der Waals surface area contributed by atoms with Crippen molar-refractivity contribution in [3.63, 3.8) is 0 Å². The molecule has 3 aliphatic rings. The fourth-order valence-corrected chi connectivity index (χ4v) is 6.06. The van der Waals surface area contributed by atoms with Gasteiger partial charge in [-0.25, -0.2) is 9.48 Å². The number of halogens is 3. The van der Waals surface area contributed by atoms with Crippen LogP contribution in [0.3, 0.4) is 0 Å². The molecule has 0 unspecified atom stereocenters. The molecule has 5 amide bonds. The van der Waals surface area contributed by atoms with E-state index in [0.717, 1.165) is 59.2 Å². The number of alkyl halides is 3. The number of carbonyl (C=O) groups excluding carboxylic acids is 4. The second-order valence-corrected chi connectivity index (χ2v) is 12.5. The molecule has 276 valence electrons. The third-order valence-electron chi connectivity index (χ3n) is 9.13. The molecule has 51 heavy (non-hydrogen) atoms. The lowest BCUT2D eigenvalue weighted by Gasteiger charge is -2.35. The molecule has 1 aliphatic carbocycles. The van der Waals surface area contributed by atoms with Crippen molar-refractivity contribution < 1.29 is 56.9 Å². The summed E-state index contributed by atoms with van der Waals surface area (Å²) in [7, 11) is 0. The number of benzene rings is 1. The number of rotatable bonds is 12. The smallest absolute Gasteiger partial charge is 0.416 e. The van der Waals surface area contributed by atoms with Gasteiger partial charge in [0.1, 0.15) is 12.1 Å². The van der Waals surface area contributed by atoms with E-state index < -0.39 is 66.6 Å². The molecule has 1 aromatic carbocycles. The molecule has 2 aromatic rings. The predicted molar refractivity (Wildman–Crippen MR) is 169 cm³/mol. The third kappa shape index (κ3) is 9.06. The van der Waals surface area contributed by atoms with Crippen LogP contribution in [0.5, 0.6) is 5.88 Å². The third-order valence-corrected chi connectivity index (χ3v) is 9.13. The Morgan fingerprint density at radius 2 is 1.59 bits per heavy atom. The Kier molecular flexibility index (Phi) is 11.3. The number of nitrogens with one attached hydrogen (secondary N) is 2. The van der Waals surface area contributed by atoms with Crippen LogP contribution >= 0.6 is 0 Å². The maximum absolute atomic E-state index is 13.5. The van der Waals surface area contributed by atoms with Crippen LogP contribution in [-0.2, 0) is 25.4 Å². The van der Waals surface area contributed by atoms with Crippen LogP contribution in [0.25, 0.3) is 5.69 Å². The molecule has 5 rings (SSSR count). The summed E-state index contributed by atoms with van der Waals surface area (Å²) in [6, 6.07) is 2.94. The van der Waals surface area contributed by atoms with Crippen molar-refractivity contribution in [3.8, 4) is 11.6 Å². The number of piperazine rings is 1. The SMILES string of the molecule is O=C(O)CC[C@H](NC(=O)c1cc(OCC(=O)N2CCC[C@H]2C(=O)NC2CCC2)n(-c2ccc(C(F)(F)F)cc2)n1)C(=O)N1CCN(C(=O)O)CC1. The number of carbonyl (C=O) groups is 6. The van der Waals surface area contributed by atoms with E-state index in [1.54, 1.807) is 0 Å². The van der Waals surface area contributed by atoms with Crippen molar-refractivity contribution in [1.29, 1.82) is 0 Å². The van der Waals surface area contributed by atoms with Crippen molar-refractivity contribution in [3.05, 3.63) is 41.6 Å². The van der Waals surface area contributed by atoms with Gasteiger partial charge < -0.3 is 40.3 Å². The first-order valence-corrected chi connectivity index (χ1v) is 16.5. The van der Waals surface area contributed by atoms with E-state index in [1.807, 2.05) is 0 Å². The summed E-state index contributed by atoms with van der Waals surface area (Å²) in [6.07, 6.45) is -2.75. The highest BCUT2D eigenvalue weighted by molar-refractivity contribution is 5.96. The standard InChI is InChI=1S/C32H38F3N7O9/c33-32(34,35)19-6-8-21(9-7-19)42-26(51-18-25(43)41-12-2-5-24(41)29(47)36-20-3-1-4-20)17-23(38-42)28(46)37-22(10-11-27(44)45)30(48)39-13-15-40(16-14-39)31(49)50/h6-9,17,20,22,24H,1-5,10-16,18H2,(H,36,47)(H,37,46)(H,44,45)(H,49,50)/t22-,24-/m0/s1. The Labute approximate surface area is 289 Å². The van der Waals surface area contributed by atoms with Gasteiger partial charge in [0, 0.05) is 51.3 Å². The molecular formula is C32H38F3N7O9. The molecule has 1 saturated carbocycles. The number of ether oxygens (including phenoxy) is 1. The zero-order valence-electron chi connectivity index (χ0n) is 27.4. The minimum atomic E-state index is -4.63. The molecule has 2 saturated heterocycles. The number of aromatic nitrogens is 2. The van der Waals surface area contributed by atoms with Crippen LogP contribution in [-0.4, -0.2) is 128 Å². The van der Waals surface area contributed by atoms with Crippen LogP contribution in [0.1, 0.15) is 61.0 Å². The first kappa shape index (κ1) is 36.9. The molecule has 2 atom stereocenters. The van der Waals surface area contributed by atoms with Crippen molar-refractivity contribution >= 4 is 35.7 Å². The molecule has 0 radical (unpaired) electrons. The fraction of sp³-hybridized carbons (Fsp3) is 0.531. The van der Waals surface area contributed by atoms with Crippen molar-refractivity contribution in [2.45, 2.75) is 69.2 Å². The van der Waals surface area contributed by atoms with Gasteiger partial charge >= 0.3 is 18.2 Å². The van der Waals surface area contributed by atoms with Gasteiger partial charge in [0.05, 0.1) is 11.3 Å². The van der Waals surface area contributed by atoms with E-state index in [0.29, 0.717) is 19.4 Å². The van der Waals surface area contributed by atoms with Gasteiger partial charge in [-0.05, 0) is 62.8 Å². The normalized spacial score (nSPS) is 18.5. The Bertz CT molecular complexity index is 1640. The van der Waals surface area contributed by atoms with Gasteiger partial charge in [-0.3, -0.25) is 24.0 Å². The molecule has 4 N–H and O–H groups in total. The summed E-state index contributed by atoms with van der Waals surface area (Å²) < 4.78 is 46.6. The van der Waals surface area contributed by atoms with Crippen LogP contribution in [0.15, 0.2) is 30.3 Å². The Morgan fingerprint density at radius 3 is 2.18 bits per heavy atom. The van der Waals surface area contributed by atoms with Gasteiger partial charge in [-0.2, -0.15) is 18.3 Å². The van der Waals surface area contributed by atoms with E-state index in [9.17, 15) is 52.2 Å². The highest BCUT2D eigenvalue weighted by atomic mass is 19.4. The lowest BCUT2D eigenvalue weighted by Crippen LogP contribution is -2.55. The fourth-order valence-electron chi connectivity index (χ4n) is 6.06. The molecule has 16 nitrogen and oxygen atoms in total. The van der Waals surface area contributed by atoms with E-state index in [-0.39, 0.29) is 61.8 Å². The largest absolute Gasteiger partial charge is 0.481 e. The first-order chi connectivity index (χ1) is 24.2. The van der Waals surface area contributed by atoms with Crippen molar-refractivity contribution in [2.24, 2.45) is 0 Å². The summed E-state index contributed by atoms with van der Waals surface area (Å²) in [6.45, 7) is -0.225. The van der Waals surface area contributed by atoms with Crippen LogP contribution in [0, 0.1) is 0 Å². The summed E-state index contributed by atoms with van der Waals surface area (Å²) in [5.41, 5.74) is -1.27. The molecule has 19 heteroatoms. The Hall–Kier alpha value is -5.36. The van der Waals surface area contributed by atoms with Gasteiger partial charge in [-0.1, -0.05) is 0 Å². The highest BCUT2D eigenvalue weighted by Gasteiger charge is 2.37. The molecule has 3 fully saturated rings. The topological polar surface area (TPSA) is 204 Å². The molecule has 1 aromatic heterocycles. The summed E-state index contributed by atoms with van der Waals surface area (Å²) in [5.74, 6) is -3.81. The summed E-state index contributed by atoms with van der Waals surface area (Å²) in [5, 5.41) is 28.1. The molecular weight excluding hydrogens is 683 g/mol. The molecule has 3 heterocycles. The Morgan fingerprint density at radius 1 is 0.922 bits per heavy atom. The van der Waals surface area contributed by atoms with Gasteiger partial charge in [0.25, 0.3) is 11.8 Å². The van der Waals surface area contributed by atoms with Crippen LogP contribution in [0.4, 0.5) is 18.0 Å². The lowest BCUT2D eigenvalue weighted by molar-refractivity contribution is -0.140. The summed E-state index contributed by atoms with van der Waals surface area (Å²) in [4.78, 5) is 79.4. The van der Waals surface area contributed by atoms with Gasteiger partial charge in [-0.15, -0.1) is 0 Å². The van der Waals surface area contributed by atoms with E-state index in [1.165, 1.54) is 9.80 Å². The lowest BCUT2D eigenvalue weighted by atomic mass is 9.93. The monoisotopic (exact) mass is 721 g/mol. The van der Waals surface area contributed by atoms with E-state index >= 15 is 0 Å². The second-order valence-electron chi connectivity index (χ2n) is 12.5. The Balaban J connectivity index is 1.34. The van der Waals surface area contributed by atoms with Crippen LogP contribution in [0.2, 0.25) is 0 Å². The maximum Gasteiger partial charge on any atom is 0.416 e. The number of carboxylic acids is 1. The average molecular weight is 722 g/mol. The average Bonchev–Trinajstić information content (AvgIpc) is 3.75. The number of nitrogens with zero attached hydrogens (tertiary/aromatic N) is 5. The minimum Gasteiger partial charge on any atom is -0.481 e. The predicted octanol–water partition coefficient (Wildman–Crippen LogP) is 1.72. The maximum atomic E-state index is 13.5. The van der Waals surface area contributed by atoms with Gasteiger partial charge in [0.15, 0.2) is 12.3 Å². The molecule has 2 aliphatic heterocycles. The quantitative estimate of drug-likeness (QED) is 0.250. The number of hydrogen-bond donors (Lipinski definition) is 4. The van der Waals surface area contributed by atoms with Gasteiger partial charge in [0.2, 0.25) is 17.7 Å². The first-order valence-electron chi connectivity index (χ1n) is 16.5. The van der Waals surface area contributed by atoms with E-state index in [2.05, 4.69) is 15.7 Å². The summed E-state index contributed by atoms with van der Waals surface area (Å²) >= 11 is 0. The second kappa shape index (κ2) is 15.7. The number of likely N-dealkylation sites (tertiary alicyclic amines) is 1. The minimum absolute atomic E-state index is 0.0132. The highest BCUT2D eigenvalue weighted by Crippen LogP contribution is 2.30. The number of amides is 5. The van der Waals surface area contributed by atoms with Crippen molar-refractivity contribution in [2.75, 3.05) is 39.3 Å². The molecule has 0 bridgehead atoms. The number of hydrogen-bond acceptors (Lipinski definition) is 8. The molecule has 0 spiro atoms. The zero-order chi connectivity index (χ0) is 36.9. The van der Waals surface area contributed by atoms with Crippen molar-refractivity contribution in [1.82, 2.24) is 35.1 Å². The number of aliphatic carboxylic acids is 1. The zero-order valence-corrected chi connectivity index (χ0v) is 27.4.